The monoisotopic (exact) mass is 298 g/mol. The third-order valence-electron chi connectivity index (χ3n) is 3.41. The van der Waals surface area contributed by atoms with Gasteiger partial charge in [0.05, 0.1) is 5.57 Å². The SMILES string of the molecule is CC12COS(=O)(=O)CC1=C(c1cccc(F)c1)C(=O)O2. The highest BCUT2D eigenvalue weighted by atomic mass is 32.2. The van der Waals surface area contributed by atoms with Gasteiger partial charge in [0.1, 0.15) is 18.2 Å². The van der Waals surface area contributed by atoms with Gasteiger partial charge in [-0.1, -0.05) is 12.1 Å². The molecule has 1 saturated heterocycles. The van der Waals surface area contributed by atoms with E-state index in [2.05, 4.69) is 0 Å². The van der Waals surface area contributed by atoms with Crippen LogP contribution in [0.4, 0.5) is 4.39 Å². The molecule has 1 unspecified atom stereocenters. The Bertz CT molecular complexity index is 737. The summed E-state index contributed by atoms with van der Waals surface area (Å²) >= 11 is 0. The fourth-order valence-electron chi connectivity index (χ4n) is 2.40. The largest absolute Gasteiger partial charge is 0.449 e. The molecule has 1 fully saturated rings. The van der Waals surface area contributed by atoms with Gasteiger partial charge >= 0.3 is 5.97 Å². The van der Waals surface area contributed by atoms with Gasteiger partial charge in [0.25, 0.3) is 10.1 Å². The lowest BCUT2D eigenvalue weighted by Gasteiger charge is -2.30. The Balaban J connectivity index is 2.20. The average Bonchev–Trinajstić information content (AvgIpc) is 2.59. The van der Waals surface area contributed by atoms with E-state index < -0.39 is 33.3 Å². The summed E-state index contributed by atoms with van der Waals surface area (Å²) in [7, 11) is -3.73. The van der Waals surface area contributed by atoms with Crippen molar-refractivity contribution in [3.8, 4) is 0 Å². The summed E-state index contributed by atoms with van der Waals surface area (Å²) in [5.74, 6) is -1.60. The number of benzene rings is 1. The minimum absolute atomic E-state index is 0.110. The first kappa shape index (κ1) is 13.3. The van der Waals surface area contributed by atoms with Crippen LogP contribution in [0.25, 0.3) is 5.57 Å². The van der Waals surface area contributed by atoms with E-state index in [0.717, 1.165) is 0 Å². The van der Waals surface area contributed by atoms with Crippen molar-refractivity contribution >= 4 is 21.7 Å². The molecule has 0 N–H and O–H groups in total. The summed E-state index contributed by atoms with van der Waals surface area (Å²) in [5, 5.41) is 0. The number of carbonyl (C=O) groups is 1. The molecule has 0 amide bonds. The number of ether oxygens (including phenoxy) is 1. The summed E-state index contributed by atoms with van der Waals surface area (Å²) in [4.78, 5) is 12.0. The molecule has 0 aromatic heterocycles. The molecule has 0 saturated carbocycles. The predicted octanol–water partition coefficient (Wildman–Crippen LogP) is 1.25. The van der Waals surface area contributed by atoms with Gasteiger partial charge in [-0.25, -0.2) is 9.18 Å². The molecule has 7 heteroatoms. The van der Waals surface area contributed by atoms with Gasteiger partial charge in [-0.2, -0.15) is 8.42 Å². The highest BCUT2D eigenvalue weighted by molar-refractivity contribution is 7.87. The van der Waals surface area contributed by atoms with Crippen LogP contribution < -0.4 is 0 Å². The maximum absolute atomic E-state index is 13.3. The molecule has 1 aromatic carbocycles. The summed E-state index contributed by atoms with van der Waals surface area (Å²) in [6.45, 7) is 1.33. The first-order valence-electron chi connectivity index (χ1n) is 5.91. The van der Waals surface area contributed by atoms with Gasteiger partial charge in [0, 0.05) is 5.57 Å². The molecule has 1 atom stereocenters. The number of hydrogen-bond donors (Lipinski definition) is 0. The number of carbonyl (C=O) groups excluding carboxylic acids is 1. The van der Waals surface area contributed by atoms with E-state index in [4.69, 9.17) is 8.92 Å². The molecule has 0 radical (unpaired) electrons. The summed E-state index contributed by atoms with van der Waals surface area (Å²) in [6.07, 6.45) is 0. The van der Waals surface area contributed by atoms with E-state index >= 15 is 0 Å². The summed E-state index contributed by atoms with van der Waals surface area (Å²) in [6, 6.07) is 5.42. The van der Waals surface area contributed by atoms with Gasteiger partial charge in [0.2, 0.25) is 0 Å². The van der Waals surface area contributed by atoms with Crippen LogP contribution in [0, 0.1) is 5.82 Å². The number of hydrogen-bond acceptors (Lipinski definition) is 5. The van der Waals surface area contributed by atoms with Crippen molar-refractivity contribution in [2.75, 3.05) is 12.4 Å². The summed E-state index contributed by atoms with van der Waals surface area (Å²) < 4.78 is 46.4. The van der Waals surface area contributed by atoms with E-state index in [-0.39, 0.29) is 12.2 Å². The van der Waals surface area contributed by atoms with Crippen LogP contribution in [0.3, 0.4) is 0 Å². The van der Waals surface area contributed by atoms with E-state index in [1.165, 1.54) is 18.2 Å². The fraction of sp³-hybridized carbons (Fsp3) is 0.308. The molecule has 5 nitrogen and oxygen atoms in total. The first-order valence-corrected chi connectivity index (χ1v) is 7.48. The van der Waals surface area contributed by atoms with Crippen molar-refractivity contribution in [2.45, 2.75) is 12.5 Å². The topological polar surface area (TPSA) is 69.7 Å². The molecule has 2 aliphatic rings. The number of fused-ring (bicyclic) bond motifs is 1. The van der Waals surface area contributed by atoms with Crippen molar-refractivity contribution in [3.05, 3.63) is 41.2 Å². The standard InChI is InChI=1S/C13H11FO5S/c1-13-7-18-20(16,17)6-10(13)11(12(15)19-13)8-3-2-4-9(14)5-8/h2-5H,6-7H2,1H3. The Kier molecular flexibility index (Phi) is 2.74. The lowest BCUT2D eigenvalue weighted by Crippen LogP contribution is -2.42. The smallest absolute Gasteiger partial charge is 0.339 e. The Labute approximate surface area is 115 Å². The Morgan fingerprint density at radius 3 is 2.80 bits per heavy atom. The zero-order chi connectivity index (χ0) is 14.5. The fourth-order valence-corrected chi connectivity index (χ4v) is 3.69. The Hall–Kier alpha value is -1.73. The lowest BCUT2D eigenvalue weighted by atomic mass is 9.92. The number of rotatable bonds is 1. The Morgan fingerprint density at radius 1 is 1.35 bits per heavy atom. The molecule has 1 aromatic rings. The molecule has 106 valence electrons. The van der Waals surface area contributed by atoms with Crippen LogP contribution in [0.1, 0.15) is 12.5 Å². The molecule has 2 heterocycles. The quantitative estimate of drug-likeness (QED) is 0.576. The predicted molar refractivity (Wildman–Crippen MR) is 67.6 cm³/mol. The molecule has 3 rings (SSSR count). The maximum atomic E-state index is 13.3. The van der Waals surface area contributed by atoms with Gasteiger partial charge in [-0.15, -0.1) is 0 Å². The molecule has 0 bridgehead atoms. The van der Waals surface area contributed by atoms with Crippen molar-refractivity contribution in [2.24, 2.45) is 0 Å². The van der Waals surface area contributed by atoms with Crippen LogP contribution >= 0.6 is 0 Å². The number of esters is 1. The van der Waals surface area contributed by atoms with Crippen LogP contribution in [0.2, 0.25) is 0 Å². The van der Waals surface area contributed by atoms with Gasteiger partial charge in [0.15, 0.2) is 5.60 Å². The second-order valence-electron chi connectivity index (χ2n) is 4.95. The van der Waals surface area contributed by atoms with Crippen LogP contribution in [-0.2, 0) is 23.8 Å². The van der Waals surface area contributed by atoms with Crippen LogP contribution in [0.15, 0.2) is 29.8 Å². The van der Waals surface area contributed by atoms with Gasteiger partial charge < -0.3 is 4.74 Å². The van der Waals surface area contributed by atoms with Gasteiger partial charge in [-0.3, -0.25) is 4.18 Å². The third kappa shape index (κ3) is 2.03. The molecular formula is C13H11FO5S. The van der Waals surface area contributed by atoms with E-state index in [1.54, 1.807) is 13.0 Å². The molecule has 0 aliphatic carbocycles. The lowest BCUT2D eigenvalue weighted by molar-refractivity contribution is -0.146. The van der Waals surface area contributed by atoms with Crippen molar-refractivity contribution in [3.63, 3.8) is 0 Å². The van der Waals surface area contributed by atoms with E-state index in [9.17, 15) is 17.6 Å². The average molecular weight is 298 g/mol. The highest BCUT2D eigenvalue weighted by Crippen LogP contribution is 2.41. The van der Waals surface area contributed by atoms with E-state index in [1.807, 2.05) is 0 Å². The zero-order valence-electron chi connectivity index (χ0n) is 10.6. The highest BCUT2D eigenvalue weighted by Gasteiger charge is 2.50. The maximum Gasteiger partial charge on any atom is 0.339 e. The van der Waals surface area contributed by atoms with E-state index in [0.29, 0.717) is 11.1 Å². The second kappa shape index (κ2) is 4.13. The van der Waals surface area contributed by atoms with Crippen molar-refractivity contribution < 1.29 is 26.5 Å². The molecular weight excluding hydrogens is 287 g/mol. The summed E-state index contributed by atoms with van der Waals surface area (Å²) in [5.41, 5.74) is -0.367. The second-order valence-corrected chi connectivity index (χ2v) is 6.59. The normalized spacial score (nSPS) is 28.2. The Morgan fingerprint density at radius 2 is 2.10 bits per heavy atom. The van der Waals surface area contributed by atoms with Crippen molar-refractivity contribution in [1.82, 2.24) is 0 Å². The third-order valence-corrected chi connectivity index (χ3v) is 4.53. The molecule has 0 spiro atoms. The zero-order valence-corrected chi connectivity index (χ0v) is 11.4. The van der Waals surface area contributed by atoms with Crippen LogP contribution in [0.5, 0.6) is 0 Å². The van der Waals surface area contributed by atoms with Gasteiger partial charge in [-0.05, 0) is 24.6 Å². The minimum atomic E-state index is -3.73. The van der Waals surface area contributed by atoms with Crippen LogP contribution in [-0.4, -0.2) is 32.3 Å². The van der Waals surface area contributed by atoms with Crippen molar-refractivity contribution in [1.29, 1.82) is 0 Å². The number of halogens is 1. The first-order chi connectivity index (χ1) is 9.31. The molecule has 20 heavy (non-hydrogen) atoms. The minimum Gasteiger partial charge on any atom is -0.449 e. The molecule has 2 aliphatic heterocycles.